The van der Waals surface area contributed by atoms with Gasteiger partial charge in [0.25, 0.3) is 0 Å². The van der Waals surface area contributed by atoms with Crippen molar-refractivity contribution in [3.05, 3.63) is 35.1 Å². The Bertz CT molecular complexity index is 529. The van der Waals surface area contributed by atoms with Gasteiger partial charge in [-0.15, -0.1) is 24.8 Å². The molecule has 2 atom stereocenters. The maximum atomic E-state index is 13.7. The van der Waals surface area contributed by atoms with Crippen LogP contribution in [0.2, 0.25) is 0 Å². The van der Waals surface area contributed by atoms with Crippen LogP contribution in [0.5, 0.6) is 0 Å². The molecule has 1 amide bonds. The summed E-state index contributed by atoms with van der Waals surface area (Å²) in [5.74, 6) is 0.124. The van der Waals surface area contributed by atoms with E-state index in [1.165, 1.54) is 6.07 Å². The molecular formula is C17H28Cl2FN3O. The van der Waals surface area contributed by atoms with Crippen molar-refractivity contribution in [3.8, 4) is 0 Å². The van der Waals surface area contributed by atoms with Gasteiger partial charge in [-0.25, -0.2) is 4.39 Å². The number of hydrogen-bond acceptors (Lipinski definition) is 3. The molecule has 1 fully saturated rings. The van der Waals surface area contributed by atoms with Gasteiger partial charge in [-0.05, 0) is 50.6 Å². The topological polar surface area (TPSA) is 58.4 Å². The second-order valence-electron chi connectivity index (χ2n) is 6.50. The third kappa shape index (κ3) is 6.93. The average Bonchev–Trinajstić information content (AvgIpc) is 2.84. The smallest absolute Gasteiger partial charge is 0.220 e. The number of carbonyl (C=O) groups excluding carboxylic acids is 1. The van der Waals surface area contributed by atoms with E-state index in [2.05, 4.69) is 5.32 Å². The molecule has 0 spiro atoms. The van der Waals surface area contributed by atoms with Crippen LogP contribution in [0, 0.1) is 11.7 Å². The van der Waals surface area contributed by atoms with E-state index in [1.807, 2.05) is 25.1 Å². The van der Waals surface area contributed by atoms with Crippen LogP contribution in [0.4, 0.5) is 4.39 Å². The van der Waals surface area contributed by atoms with Crippen molar-refractivity contribution in [2.75, 3.05) is 14.1 Å². The number of rotatable bonds is 6. The summed E-state index contributed by atoms with van der Waals surface area (Å²) >= 11 is 0. The minimum atomic E-state index is -0.208. The van der Waals surface area contributed by atoms with Gasteiger partial charge in [-0.1, -0.05) is 12.5 Å². The lowest BCUT2D eigenvalue weighted by atomic mass is 10.00. The summed E-state index contributed by atoms with van der Waals surface area (Å²) in [5.41, 5.74) is 7.56. The monoisotopic (exact) mass is 379 g/mol. The molecule has 1 aliphatic rings. The first-order chi connectivity index (χ1) is 10.5. The summed E-state index contributed by atoms with van der Waals surface area (Å²) in [6.45, 7) is 0.978. The van der Waals surface area contributed by atoms with Crippen LogP contribution in [0.3, 0.4) is 0 Å². The van der Waals surface area contributed by atoms with E-state index in [0.29, 0.717) is 31.0 Å². The maximum Gasteiger partial charge on any atom is 0.220 e. The molecule has 7 heteroatoms. The summed E-state index contributed by atoms with van der Waals surface area (Å²) in [4.78, 5) is 13.9. The molecule has 1 aliphatic carbocycles. The highest BCUT2D eigenvalue weighted by Crippen LogP contribution is 2.26. The summed E-state index contributed by atoms with van der Waals surface area (Å²) in [6.07, 6.45) is 3.67. The SMILES string of the molecule is CN(C)Cc1cc(CNC(=O)C[C@@H]2CCC[C@H]2N)ccc1F.Cl.Cl. The van der Waals surface area contributed by atoms with Crippen LogP contribution in [-0.4, -0.2) is 30.9 Å². The first-order valence-electron chi connectivity index (χ1n) is 7.90. The third-order valence-electron chi connectivity index (χ3n) is 4.25. The lowest BCUT2D eigenvalue weighted by molar-refractivity contribution is -0.122. The largest absolute Gasteiger partial charge is 0.352 e. The Morgan fingerprint density at radius 3 is 2.62 bits per heavy atom. The van der Waals surface area contributed by atoms with E-state index in [9.17, 15) is 9.18 Å². The zero-order valence-corrected chi connectivity index (χ0v) is 15.9. The molecule has 1 aromatic carbocycles. The molecule has 138 valence electrons. The highest BCUT2D eigenvalue weighted by atomic mass is 35.5. The number of carbonyl (C=O) groups is 1. The molecule has 1 aromatic rings. The van der Waals surface area contributed by atoms with Crippen LogP contribution in [0.15, 0.2) is 18.2 Å². The molecule has 24 heavy (non-hydrogen) atoms. The lowest BCUT2D eigenvalue weighted by Gasteiger charge is -2.15. The molecular weight excluding hydrogens is 352 g/mol. The normalized spacial score (nSPS) is 19.5. The number of amides is 1. The maximum absolute atomic E-state index is 13.7. The number of halogens is 3. The molecule has 4 nitrogen and oxygen atoms in total. The lowest BCUT2D eigenvalue weighted by Crippen LogP contribution is -2.31. The fraction of sp³-hybridized carbons (Fsp3) is 0.588. The van der Waals surface area contributed by atoms with Gasteiger partial charge < -0.3 is 16.0 Å². The number of nitrogens with two attached hydrogens (primary N) is 1. The van der Waals surface area contributed by atoms with Gasteiger partial charge in [-0.3, -0.25) is 4.79 Å². The highest BCUT2D eigenvalue weighted by molar-refractivity contribution is 5.85. The standard InChI is InChI=1S/C17H26FN3O.2ClH/c1-21(2)11-14-8-12(6-7-15(14)18)10-20-17(22)9-13-4-3-5-16(13)19;;/h6-8,13,16H,3-5,9-11,19H2,1-2H3,(H,20,22);2*1H/t13-,16+;;/m0../s1. The van der Waals surface area contributed by atoms with E-state index in [4.69, 9.17) is 5.73 Å². The van der Waals surface area contributed by atoms with Crippen molar-refractivity contribution < 1.29 is 9.18 Å². The van der Waals surface area contributed by atoms with Gasteiger partial charge >= 0.3 is 0 Å². The van der Waals surface area contributed by atoms with Crippen molar-refractivity contribution in [1.29, 1.82) is 0 Å². The molecule has 0 bridgehead atoms. The molecule has 0 saturated heterocycles. The first-order valence-corrected chi connectivity index (χ1v) is 7.90. The van der Waals surface area contributed by atoms with Gasteiger partial charge in [0.05, 0.1) is 0 Å². The van der Waals surface area contributed by atoms with Gasteiger partial charge in [0.15, 0.2) is 0 Å². The molecule has 3 N–H and O–H groups in total. The van der Waals surface area contributed by atoms with Gasteiger partial charge in [-0.2, -0.15) is 0 Å². The summed E-state index contributed by atoms with van der Waals surface area (Å²) in [5, 5.41) is 2.92. The number of nitrogens with one attached hydrogen (secondary N) is 1. The molecule has 2 rings (SSSR count). The van der Waals surface area contributed by atoms with Crippen molar-refractivity contribution in [2.24, 2.45) is 11.7 Å². The molecule has 1 saturated carbocycles. The highest BCUT2D eigenvalue weighted by Gasteiger charge is 2.25. The first kappa shape index (κ1) is 23.1. The van der Waals surface area contributed by atoms with E-state index >= 15 is 0 Å². The Balaban J connectivity index is 0.00000264. The van der Waals surface area contributed by atoms with Crippen molar-refractivity contribution in [3.63, 3.8) is 0 Å². The Morgan fingerprint density at radius 2 is 2.04 bits per heavy atom. The molecule has 0 aromatic heterocycles. The fourth-order valence-corrected chi connectivity index (χ4v) is 3.03. The molecule has 0 aliphatic heterocycles. The van der Waals surface area contributed by atoms with Crippen LogP contribution in [0.1, 0.15) is 36.8 Å². The van der Waals surface area contributed by atoms with Crippen LogP contribution in [-0.2, 0) is 17.9 Å². The Morgan fingerprint density at radius 1 is 1.33 bits per heavy atom. The van der Waals surface area contributed by atoms with Gasteiger partial charge in [0.2, 0.25) is 5.91 Å². The summed E-state index contributed by atoms with van der Waals surface area (Å²) in [7, 11) is 3.80. The Hall–Kier alpha value is -0.880. The number of nitrogens with zero attached hydrogens (tertiary/aromatic N) is 1. The molecule has 0 radical (unpaired) electrons. The molecule has 0 heterocycles. The average molecular weight is 380 g/mol. The van der Waals surface area contributed by atoms with Crippen LogP contribution < -0.4 is 11.1 Å². The van der Waals surface area contributed by atoms with E-state index < -0.39 is 0 Å². The van der Waals surface area contributed by atoms with E-state index in [0.717, 1.165) is 24.8 Å². The van der Waals surface area contributed by atoms with Crippen molar-refractivity contribution >= 4 is 30.7 Å². The minimum Gasteiger partial charge on any atom is -0.352 e. The van der Waals surface area contributed by atoms with Crippen molar-refractivity contribution in [1.82, 2.24) is 10.2 Å². The van der Waals surface area contributed by atoms with Gasteiger partial charge in [0, 0.05) is 31.1 Å². The zero-order chi connectivity index (χ0) is 16.1. The second kappa shape index (κ2) is 10.9. The van der Waals surface area contributed by atoms with Crippen LogP contribution >= 0.6 is 24.8 Å². The molecule has 0 unspecified atom stereocenters. The zero-order valence-electron chi connectivity index (χ0n) is 14.3. The summed E-state index contributed by atoms with van der Waals surface area (Å²) < 4.78 is 13.7. The van der Waals surface area contributed by atoms with Crippen molar-refractivity contribution in [2.45, 2.75) is 44.8 Å². The minimum absolute atomic E-state index is 0. The Labute approximate surface area is 156 Å². The number of benzene rings is 1. The quantitative estimate of drug-likeness (QED) is 0.798. The predicted molar refractivity (Wildman–Crippen MR) is 100 cm³/mol. The number of hydrogen-bond donors (Lipinski definition) is 2. The summed E-state index contributed by atoms with van der Waals surface area (Å²) in [6, 6.07) is 5.16. The predicted octanol–water partition coefficient (Wildman–Crippen LogP) is 2.86. The van der Waals surface area contributed by atoms with Crippen LogP contribution in [0.25, 0.3) is 0 Å². The second-order valence-corrected chi connectivity index (χ2v) is 6.50. The van der Waals surface area contributed by atoms with E-state index in [-0.39, 0.29) is 42.6 Å². The fourth-order valence-electron chi connectivity index (χ4n) is 3.03. The Kier molecular flexibility index (Phi) is 10.5. The van der Waals surface area contributed by atoms with Gasteiger partial charge in [0.1, 0.15) is 5.82 Å². The third-order valence-corrected chi connectivity index (χ3v) is 4.25. The van der Waals surface area contributed by atoms with E-state index in [1.54, 1.807) is 6.07 Å².